The third kappa shape index (κ3) is 4.74. The number of carbonyl (C=O) groups excluding carboxylic acids is 1. The Bertz CT molecular complexity index is 544. The molecule has 1 aliphatic carbocycles. The molecule has 1 saturated carbocycles. The van der Waals surface area contributed by atoms with E-state index in [1.54, 1.807) is 0 Å². The molecule has 0 heterocycles. The molecular weight excluding hydrogens is 336 g/mol. The molecule has 0 atom stereocenters. The summed E-state index contributed by atoms with van der Waals surface area (Å²) in [5.41, 5.74) is 1.75. The molecule has 0 aromatic heterocycles. The molecule has 114 valence electrons. The first kappa shape index (κ1) is 15.8. The van der Waals surface area contributed by atoms with Crippen molar-refractivity contribution in [2.24, 2.45) is 5.92 Å². The lowest BCUT2D eigenvalue weighted by Gasteiger charge is -2.22. The molecule has 1 aromatic rings. The van der Waals surface area contributed by atoms with Crippen molar-refractivity contribution in [3.63, 3.8) is 0 Å². The van der Waals surface area contributed by atoms with Gasteiger partial charge in [-0.1, -0.05) is 22.9 Å². The van der Waals surface area contributed by atoms with Gasteiger partial charge in [0.2, 0.25) is 0 Å². The van der Waals surface area contributed by atoms with Gasteiger partial charge in [-0.2, -0.15) is 0 Å². The van der Waals surface area contributed by atoms with Crippen molar-refractivity contribution >= 4 is 33.6 Å². The van der Waals surface area contributed by atoms with Crippen LogP contribution in [-0.2, 0) is 11.2 Å². The van der Waals surface area contributed by atoms with Gasteiger partial charge in [0.15, 0.2) is 0 Å². The molecule has 21 heavy (non-hydrogen) atoms. The van der Waals surface area contributed by atoms with Crippen LogP contribution in [0, 0.1) is 5.92 Å². The number of rotatable bonds is 6. The number of aliphatic carboxylic acids is 1. The Morgan fingerprint density at radius 2 is 2.14 bits per heavy atom. The van der Waals surface area contributed by atoms with Gasteiger partial charge in [-0.25, -0.2) is 4.79 Å². The number of carboxylic acids is 1. The number of benzene rings is 1. The zero-order valence-electron chi connectivity index (χ0n) is 11.9. The van der Waals surface area contributed by atoms with E-state index in [4.69, 9.17) is 5.11 Å². The van der Waals surface area contributed by atoms with E-state index < -0.39 is 5.97 Å². The van der Waals surface area contributed by atoms with Crippen molar-refractivity contribution < 1.29 is 14.7 Å². The van der Waals surface area contributed by atoms with E-state index in [9.17, 15) is 9.59 Å². The number of halogens is 1. The molecule has 2 amide bonds. The highest BCUT2D eigenvalue weighted by atomic mass is 79.9. The van der Waals surface area contributed by atoms with E-state index in [1.807, 2.05) is 25.1 Å². The van der Waals surface area contributed by atoms with E-state index in [-0.39, 0.29) is 12.6 Å². The minimum Gasteiger partial charge on any atom is -0.480 e. The average molecular weight is 355 g/mol. The summed E-state index contributed by atoms with van der Waals surface area (Å²) in [5.74, 6) is -0.539. The van der Waals surface area contributed by atoms with E-state index in [1.165, 1.54) is 4.90 Å². The number of nitrogens with one attached hydrogen (secondary N) is 1. The molecule has 1 fully saturated rings. The zero-order chi connectivity index (χ0) is 15.4. The van der Waals surface area contributed by atoms with Crippen molar-refractivity contribution in [1.29, 1.82) is 0 Å². The summed E-state index contributed by atoms with van der Waals surface area (Å²) >= 11 is 3.41. The molecule has 0 aliphatic heterocycles. The van der Waals surface area contributed by atoms with Crippen molar-refractivity contribution in [3.05, 3.63) is 28.2 Å². The third-order valence-electron chi connectivity index (χ3n) is 3.48. The number of carboxylic acid groups (broad SMARTS) is 1. The van der Waals surface area contributed by atoms with Crippen LogP contribution >= 0.6 is 15.9 Å². The minimum absolute atomic E-state index is 0.264. The number of urea groups is 1. The molecule has 0 saturated heterocycles. The second-order valence-electron chi connectivity index (χ2n) is 5.30. The van der Waals surface area contributed by atoms with Crippen LogP contribution in [0.15, 0.2) is 22.7 Å². The Labute approximate surface area is 132 Å². The summed E-state index contributed by atoms with van der Waals surface area (Å²) in [4.78, 5) is 24.6. The average Bonchev–Trinajstić information content (AvgIpc) is 3.23. The van der Waals surface area contributed by atoms with Gasteiger partial charge in [-0.3, -0.25) is 4.79 Å². The van der Waals surface area contributed by atoms with E-state index in [0.29, 0.717) is 12.5 Å². The molecule has 0 spiro atoms. The Balaban J connectivity index is 2.08. The molecule has 1 aliphatic rings. The standard InChI is InChI=1S/C15H19BrN2O3/c1-2-11-7-12(16)5-6-13(11)17-15(21)18(9-14(19)20)8-10-3-4-10/h5-7,10H,2-4,8-9H2,1H3,(H,17,21)(H,19,20). The molecule has 1 aromatic carbocycles. The number of hydrogen-bond acceptors (Lipinski definition) is 2. The highest BCUT2D eigenvalue weighted by molar-refractivity contribution is 9.10. The Morgan fingerprint density at radius 3 is 2.71 bits per heavy atom. The zero-order valence-corrected chi connectivity index (χ0v) is 13.5. The van der Waals surface area contributed by atoms with Gasteiger partial charge in [0.25, 0.3) is 0 Å². The number of nitrogens with zero attached hydrogens (tertiary/aromatic N) is 1. The monoisotopic (exact) mass is 354 g/mol. The summed E-state index contributed by atoms with van der Waals surface area (Å²) in [7, 11) is 0. The van der Waals surface area contributed by atoms with Crippen LogP contribution in [0.3, 0.4) is 0 Å². The first-order valence-corrected chi connectivity index (χ1v) is 7.85. The van der Waals surface area contributed by atoms with Gasteiger partial charge >= 0.3 is 12.0 Å². The summed E-state index contributed by atoms with van der Waals surface area (Å²) < 4.78 is 0.956. The minimum atomic E-state index is -0.989. The molecule has 2 rings (SSSR count). The molecule has 2 N–H and O–H groups in total. The molecule has 5 nitrogen and oxygen atoms in total. The maximum atomic E-state index is 12.3. The Morgan fingerprint density at radius 1 is 1.43 bits per heavy atom. The van der Waals surface area contributed by atoms with Crippen molar-refractivity contribution in [2.75, 3.05) is 18.4 Å². The predicted octanol–water partition coefficient (Wildman–Crippen LogP) is 3.34. The second kappa shape index (κ2) is 6.93. The summed E-state index contributed by atoms with van der Waals surface area (Å²) in [6.07, 6.45) is 2.93. The van der Waals surface area contributed by atoms with E-state index in [2.05, 4.69) is 21.2 Å². The van der Waals surface area contributed by atoms with Gasteiger partial charge in [-0.15, -0.1) is 0 Å². The van der Waals surface area contributed by atoms with Gasteiger partial charge in [0.05, 0.1) is 0 Å². The number of anilines is 1. The van der Waals surface area contributed by atoms with Gasteiger partial charge in [-0.05, 0) is 48.9 Å². The molecule has 0 bridgehead atoms. The fraction of sp³-hybridized carbons (Fsp3) is 0.467. The number of aryl methyl sites for hydroxylation is 1. The molecular formula is C15H19BrN2O3. The maximum absolute atomic E-state index is 12.3. The van der Waals surface area contributed by atoms with Crippen molar-refractivity contribution in [1.82, 2.24) is 4.90 Å². The Kier molecular flexibility index (Phi) is 5.22. The lowest BCUT2D eigenvalue weighted by Crippen LogP contribution is -2.40. The number of amides is 2. The lowest BCUT2D eigenvalue weighted by molar-refractivity contribution is -0.137. The Hall–Kier alpha value is -1.56. The third-order valence-corrected chi connectivity index (χ3v) is 3.97. The van der Waals surface area contributed by atoms with Crippen LogP contribution < -0.4 is 5.32 Å². The second-order valence-corrected chi connectivity index (χ2v) is 6.22. The van der Waals surface area contributed by atoms with Crippen molar-refractivity contribution in [3.8, 4) is 0 Å². The van der Waals surface area contributed by atoms with Gasteiger partial charge in [0.1, 0.15) is 6.54 Å². The highest BCUT2D eigenvalue weighted by Crippen LogP contribution is 2.30. The summed E-state index contributed by atoms with van der Waals surface area (Å²) in [5, 5.41) is 11.8. The molecule has 0 unspecified atom stereocenters. The van der Waals surface area contributed by atoms with E-state index in [0.717, 1.165) is 35.0 Å². The summed E-state index contributed by atoms with van der Waals surface area (Å²) in [6.45, 7) is 2.26. The topological polar surface area (TPSA) is 69.6 Å². The van der Waals surface area contributed by atoms with Crippen LogP contribution in [0.2, 0.25) is 0 Å². The lowest BCUT2D eigenvalue weighted by atomic mass is 10.1. The number of carbonyl (C=O) groups is 2. The fourth-order valence-electron chi connectivity index (χ4n) is 2.17. The van der Waals surface area contributed by atoms with E-state index >= 15 is 0 Å². The van der Waals surface area contributed by atoms with Crippen LogP contribution in [0.5, 0.6) is 0 Å². The van der Waals surface area contributed by atoms with Crippen LogP contribution in [0.25, 0.3) is 0 Å². The largest absolute Gasteiger partial charge is 0.480 e. The molecule has 0 radical (unpaired) electrons. The first-order valence-electron chi connectivity index (χ1n) is 7.05. The van der Waals surface area contributed by atoms with Gasteiger partial charge < -0.3 is 15.3 Å². The highest BCUT2D eigenvalue weighted by Gasteiger charge is 2.28. The smallest absolute Gasteiger partial charge is 0.323 e. The first-order chi connectivity index (χ1) is 9.99. The quantitative estimate of drug-likeness (QED) is 0.822. The van der Waals surface area contributed by atoms with Crippen LogP contribution in [0.4, 0.5) is 10.5 Å². The maximum Gasteiger partial charge on any atom is 0.323 e. The molecule has 6 heteroatoms. The fourth-order valence-corrected chi connectivity index (χ4v) is 2.57. The SMILES string of the molecule is CCc1cc(Br)ccc1NC(=O)N(CC(=O)O)CC1CC1. The van der Waals surface area contributed by atoms with Crippen LogP contribution in [-0.4, -0.2) is 35.1 Å². The summed E-state index contributed by atoms with van der Waals surface area (Å²) in [6, 6.07) is 5.30. The predicted molar refractivity (Wildman–Crippen MR) is 84.5 cm³/mol. The number of hydrogen-bond donors (Lipinski definition) is 2. The normalized spacial score (nSPS) is 13.8. The van der Waals surface area contributed by atoms with Gasteiger partial charge in [0, 0.05) is 16.7 Å². The van der Waals surface area contributed by atoms with Crippen LogP contribution in [0.1, 0.15) is 25.3 Å². The van der Waals surface area contributed by atoms with Crippen molar-refractivity contribution in [2.45, 2.75) is 26.2 Å².